The minimum absolute atomic E-state index is 0.260. The normalized spacial score (nSPS) is 9.94. The van der Waals surface area contributed by atoms with Gasteiger partial charge in [-0.2, -0.15) is 0 Å². The van der Waals surface area contributed by atoms with Gasteiger partial charge < -0.3 is 10.5 Å². The Labute approximate surface area is 104 Å². The fourth-order valence-electron chi connectivity index (χ4n) is 1.35. The van der Waals surface area contributed by atoms with Crippen molar-refractivity contribution in [1.29, 1.82) is 0 Å². The van der Waals surface area contributed by atoms with E-state index in [9.17, 15) is 4.79 Å². The van der Waals surface area contributed by atoms with Gasteiger partial charge in [0.25, 0.3) is 0 Å². The number of ether oxygens (including phenoxy) is 1. The number of halogens is 1. The van der Waals surface area contributed by atoms with Crippen LogP contribution in [0.15, 0.2) is 48.5 Å². The Bertz CT molecular complexity index is 540. The van der Waals surface area contributed by atoms with Crippen LogP contribution in [-0.2, 0) is 0 Å². The highest BCUT2D eigenvalue weighted by Crippen LogP contribution is 2.21. The number of nitrogens with two attached hydrogens (primary N) is 1. The lowest BCUT2D eigenvalue weighted by atomic mass is 10.2. The molecule has 0 heterocycles. The van der Waals surface area contributed by atoms with E-state index in [1.54, 1.807) is 36.4 Å². The van der Waals surface area contributed by atoms with Crippen molar-refractivity contribution < 1.29 is 9.53 Å². The molecular weight excluding hydrogens is 238 g/mol. The molecule has 4 heteroatoms. The van der Waals surface area contributed by atoms with Crippen molar-refractivity contribution >= 4 is 23.3 Å². The molecule has 0 saturated carbocycles. The van der Waals surface area contributed by atoms with E-state index >= 15 is 0 Å². The molecule has 0 aliphatic carbocycles. The number of benzene rings is 2. The van der Waals surface area contributed by atoms with Crippen LogP contribution in [0.2, 0.25) is 5.02 Å². The summed E-state index contributed by atoms with van der Waals surface area (Å²) >= 11 is 5.90. The van der Waals surface area contributed by atoms with Crippen LogP contribution in [0.1, 0.15) is 10.4 Å². The number of anilines is 1. The first kappa shape index (κ1) is 11.5. The van der Waals surface area contributed by atoms with Gasteiger partial charge in [0.2, 0.25) is 0 Å². The third kappa shape index (κ3) is 2.77. The number of hydrogen-bond donors (Lipinski definition) is 1. The number of nitrogen functional groups attached to an aromatic ring is 1. The smallest absolute Gasteiger partial charge is 0.345 e. The van der Waals surface area contributed by atoms with Crippen LogP contribution in [0.25, 0.3) is 0 Å². The fraction of sp³-hybridized carbons (Fsp3) is 0. The average molecular weight is 248 g/mol. The largest absolute Gasteiger partial charge is 0.423 e. The summed E-state index contributed by atoms with van der Waals surface area (Å²) in [4.78, 5) is 11.8. The Balaban J connectivity index is 2.23. The molecule has 0 amide bonds. The first-order valence-electron chi connectivity index (χ1n) is 4.99. The predicted octanol–water partition coefficient (Wildman–Crippen LogP) is 3.14. The van der Waals surface area contributed by atoms with E-state index in [1.165, 1.54) is 6.07 Å². The molecule has 0 aliphatic rings. The molecular formula is C13H10ClNO2. The molecule has 86 valence electrons. The summed E-state index contributed by atoms with van der Waals surface area (Å²) in [5.41, 5.74) is 6.32. The Morgan fingerprint density at radius 3 is 2.53 bits per heavy atom. The first-order valence-corrected chi connectivity index (χ1v) is 5.37. The van der Waals surface area contributed by atoms with Crippen molar-refractivity contribution in [2.45, 2.75) is 0 Å². The summed E-state index contributed by atoms with van der Waals surface area (Å²) in [5.74, 6) is -0.0514. The zero-order chi connectivity index (χ0) is 12.3. The van der Waals surface area contributed by atoms with Gasteiger partial charge >= 0.3 is 5.97 Å². The van der Waals surface area contributed by atoms with Gasteiger partial charge in [0.15, 0.2) is 0 Å². The summed E-state index contributed by atoms with van der Waals surface area (Å²) in [7, 11) is 0. The van der Waals surface area contributed by atoms with E-state index in [0.29, 0.717) is 16.5 Å². The van der Waals surface area contributed by atoms with E-state index in [1.807, 2.05) is 6.07 Å². The number of carbonyl (C=O) groups is 1. The van der Waals surface area contributed by atoms with Gasteiger partial charge in [-0.25, -0.2) is 4.79 Å². The molecule has 0 saturated heterocycles. The molecule has 0 fully saturated rings. The summed E-state index contributed by atoms with van der Waals surface area (Å²) in [6.07, 6.45) is 0. The van der Waals surface area contributed by atoms with Gasteiger partial charge in [0.1, 0.15) is 5.75 Å². The van der Waals surface area contributed by atoms with Crippen LogP contribution >= 0.6 is 11.6 Å². The van der Waals surface area contributed by atoms with Gasteiger partial charge in [-0.05, 0) is 30.3 Å². The predicted molar refractivity (Wildman–Crippen MR) is 67.3 cm³/mol. The van der Waals surface area contributed by atoms with Crippen molar-refractivity contribution in [2.75, 3.05) is 5.73 Å². The summed E-state index contributed by atoms with van der Waals surface area (Å²) < 4.78 is 5.16. The molecule has 0 bridgehead atoms. The van der Waals surface area contributed by atoms with E-state index < -0.39 is 5.97 Å². The summed E-state index contributed by atoms with van der Waals surface area (Å²) in [6, 6.07) is 13.5. The standard InChI is InChI=1S/C13H10ClNO2/c14-12-7-6-9(15)8-11(12)13(16)17-10-4-2-1-3-5-10/h1-8H,15H2. The molecule has 2 N–H and O–H groups in total. The topological polar surface area (TPSA) is 52.3 Å². The fourth-order valence-corrected chi connectivity index (χ4v) is 1.54. The van der Waals surface area contributed by atoms with Crippen LogP contribution in [0, 0.1) is 0 Å². The molecule has 0 aromatic heterocycles. The highest BCUT2D eigenvalue weighted by atomic mass is 35.5. The minimum atomic E-state index is -0.520. The van der Waals surface area contributed by atoms with Crippen LogP contribution in [0.4, 0.5) is 5.69 Å². The third-order valence-corrected chi connectivity index (χ3v) is 2.49. The lowest BCUT2D eigenvalue weighted by Gasteiger charge is -2.06. The molecule has 17 heavy (non-hydrogen) atoms. The van der Waals surface area contributed by atoms with Crippen molar-refractivity contribution in [1.82, 2.24) is 0 Å². The van der Waals surface area contributed by atoms with Crippen molar-refractivity contribution in [2.24, 2.45) is 0 Å². The van der Waals surface area contributed by atoms with Gasteiger partial charge in [0, 0.05) is 5.69 Å². The van der Waals surface area contributed by atoms with Crippen molar-refractivity contribution in [3.05, 3.63) is 59.1 Å². The molecule has 0 spiro atoms. The van der Waals surface area contributed by atoms with E-state index in [4.69, 9.17) is 22.1 Å². The molecule has 0 aliphatic heterocycles. The average Bonchev–Trinajstić information content (AvgIpc) is 2.33. The highest BCUT2D eigenvalue weighted by Gasteiger charge is 2.12. The maximum atomic E-state index is 11.8. The number of carbonyl (C=O) groups excluding carboxylic acids is 1. The number of hydrogen-bond acceptors (Lipinski definition) is 3. The second-order valence-corrected chi connectivity index (χ2v) is 3.85. The summed E-state index contributed by atoms with van der Waals surface area (Å²) in [6.45, 7) is 0. The summed E-state index contributed by atoms with van der Waals surface area (Å²) in [5, 5.41) is 0.320. The van der Waals surface area contributed by atoms with Crippen LogP contribution in [0.3, 0.4) is 0 Å². The number of esters is 1. The number of para-hydroxylation sites is 1. The Kier molecular flexibility index (Phi) is 3.30. The Hall–Kier alpha value is -2.00. The quantitative estimate of drug-likeness (QED) is 0.504. The Morgan fingerprint density at radius 2 is 1.82 bits per heavy atom. The monoisotopic (exact) mass is 247 g/mol. The van der Waals surface area contributed by atoms with Gasteiger partial charge in [-0.3, -0.25) is 0 Å². The van der Waals surface area contributed by atoms with Crippen LogP contribution in [0.5, 0.6) is 5.75 Å². The molecule has 2 aromatic carbocycles. The SMILES string of the molecule is Nc1ccc(Cl)c(C(=O)Oc2ccccc2)c1. The van der Waals surface area contributed by atoms with E-state index in [2.05, 4.69) is 0 Å². The molecule has 2 aromatic rings. The zero-order valence-corrected chi connectivity index (χ0v) is 9.65. The molecule has 0 atom stereocenters. The second kappa shape index (κ2) is 4.89. The van der Waals surface area contributed by atoms with Crippen LogP contribution < -0.4 is 10.5 Å². The maximum absolute atomic E-state index is 11.8. The van der Waals surface area contributed by atoms with Crippen molar-refractivity contribution in [3.8, 4) is 5.75 Å². The lowest BCUT2D eigenvalue weighted by Crippen LogP contribution is -2.09. The first-order chi connectivity index (χ1) is 8.16. The third-order valence-electron chi connectivity index (χ3n) is 2.16. The van der Waals surface area contributed by atoms with E-state index in [0.717, 1.165) is 0 Å². The second-order valence-electron chi connectivity index (χ2n) is 3.44. The molecule has 3 nitrogen and oxygen atoms in total. The molecule has 0 unspecified atom stereocenters. The maximum Gasteiger partial charge on any atom is 0.345 e. The Morgan fingerprint density at radius 1 is 1.12 bits per heavy atom. The van der Waals surface area contributed by atoms with Gasteiger partial charge in [0.05, 0.1) is 10.6 Å². The highest BCUT2D eigenvalue weighted by molar-refractivity contribution is 6.33. The van der Waals surface area contributed by atoms with Crippen LogP contribution in [-0.4, -0.2) is 5.97 Å². The number of rotatable bonds is 2. The van der Waals surface area contributed by atoms with Gasteiger partial charge in [-0.15, -0.1) is 0 Å². The van der Waals surface area contributed by atoms with Crippen molar-refractivity contribution in [3.63, 3.8) is 0 Å². The zero-order valence-electron chi connectivity index (χ0n) is 8.89. The molecule has 0 radical (unpaired) electrons. The molecule has 2 rings (SSSR count). The van der Waals surface area contributed by atoms with Gasteiger partial charge in [-0.1, -0.05) is 29.8 Å². The minimum Gasteiger partial charge on any atom is -0.423 e. The lowest BCUT2D eigenvalue weighted by molar-refractivity contribution is 0.0735. The van der Waals surface area contributed by atoms with E-state index in [-0.39, 0.29) is 5.56 Å².